The predicted octanol–water partition coefficient (Wildman–Crippen LogP) is 2.89. The van der Waals surface area contributed by atoms with Crippen LogP contribution in [-0.4, -0.2) is 31.7 Å². The number of carbonyl (C=O) groups excluding carboxylic acids is 1. The van der Waals surface area contributed by atoms with Gasteiger partial charge in [-0.25, -0.2) is 0 Å². The number of benzene rings is 1. The first-order valence-corrected chi connectivity index (χ1v) is 6.70. The molecule has 0 aliphatic carbocycles. The fraction of sp³-hybridized carbons (Fsp3) is 0.533. The Kier molecular flexibility index (Phi) is 5.83. The molecule has 19 heavy (non-hydrogen) atoms. The first kappa shape index (κ1) is 15.5. The molecule has 1 unspecified atom stereocenters. The second-order valence-corrected chi connectivity index (χ2v) is 4.79. The van der Waals surface area contributed by atoms with Gasteiger partial charge in [0.05, 0.1) is 0 Å². The van der Waals surface area contributed by atoms with Crippen molar-refractivity contribution >= 4 is 17.3 Å². The molecule has 0 fully saturated rings. The first-order chi connectivity index (χ1) is 8.99. The van der Waals surface area contributed by atoms with Crippen LogP contribution in [-0.2, 0) is 9.53 Å². The molecule has 1 atom stereocenters. The highest BCUT2D eigenvalue weighted by Crippen LogP contribution is 2.20. The molecule has 0 radical (unpaired) electrons. The van der Waals surface area contributed by atoms with Crippen LogP contribution in [0.5, 0.6) is 0 Å². The zero-order valence-electron chi connectivity index (χ0n) is 12.4. The summed E-state index contributed by atoms with van der Waals surface area (Å²) in [6, 6.07) is 8.34. The van der Waals surface area contributed by atoms with Crippen LogP contribution in [0.4, 0.5) is 11.4 Å². The summed E-state index contributed by atoms with van der Waals surface area (Å²) in [6.07, 6.45) is -0.442. The second kappa shape index (κ2) is 7.14. The average Bonchev–Trinajstić information content (AvgIpc) is 2.40. The number of amides is 1. The van der Waals surface area contributed by atoms with Crippen LogP contribution in [0.3, 0.4) is 0 Å². The van der Waals surface area contributed by atoms with E-state index in [0.29, 0.717) is 6.04 Å². The fourth-order valence-corrected chi connectivity index (χ4v) is 1.93. The van der Waals surface area contributed by atoms with E-state index in [0.717, 1.165) is 17.9 Å². The summed E-state index contributed by atoms with van der Waals surface area (Å²) < 4.78 is 4.97. The molecule has 1 N–H and O–H groups in total. The van der Waals surface area contributed by atoms with Gasteiger partial charge in [0.1, 0.15) is 6.10 Å². The fourth-order valence-electron chi connectivity index (χ4n) is 1.93. The number of carbonyl (C=O) groups is 1. The van der Waals surface area contributed by atoms with Crippen molar-refractivity contribution in [2.45, 2.75) is 39.8 Å². The average molecular weight is 264 g/mol. The van der Waals surface area contributed by atoms with E-state index < -0.39 is 6.10 Å². The van der Waals surface area contributed by atoms with Crippen LogP contribution < -0.4 is 10.2 Å². The lowest BCUT2D eigenvalue weighted by Gasteiger charge is -2.27. The molecule has 1 aromatic rings. The molecule has 106 valence electrons. The van der Waals surface area contributed by atoms with E-state index in [9.17, 15) is 4.79 Å². The maximum absolute atomic E-state index is 11.7. The normalized spacial score (nSPS) is 12.3. The smallest absolute Gasteiger partial charge is 0.253 e. The molecule has 1 aromatic carbocycles. The van der Waals surface area contributed by atoms with Gasteiger partial charge >= 0.3 is 0 Å². The zero-order valence-corrected chi connectivity index (χ0v) is 12.4. The molecular weight excluding hydrogens is 240 g/mol. The Morgan fingerprint density at radius 1 is 1.26 bits per heavy atom. The molecule has 1 amide bonds. The maximum atomic E-state index is 11.7. The lowest BCUT2D eigenvalue weighted by molar-refractivity contribution is -0.124. The number of rotatable bonds is 6. The Bertz CT molecular complexity index is 401. The summed E-state index contributed by atoms with van der Waals surface area (Å²) in [6.45, 7) is 9.15. The molecule has 1 rings (SSSR count). The van der Waals surface area contributed by atoms with Crippen LogP contribution in [0.25, 0.3) is 0 Å². The minimum absolute atomic E-state index is 0.133. The molecule has 0 bridgehead atoms. The Balaban J connectivity index is 2.74. The molecule has 0 saturated carbocycles. The van der Waals surface area contributed by atoms with Crippen molar-refractivity contribution in [3.8, 4) is 0 Å². The van der Waals surface area contributed by atoms with E-state index in [1.807, 2.05) is 24.3 Å². The highest BCUT2D eigenvalue weighted by molar-refractivity contribution is 5.94. The monoisotopic (exact) mass is 264 g/mol. The van der Waals surface area contributed by atoms with Crippen molar-refractivity contribution in [1.82, 2.24) is 0 Å². The van der Waals surface area contributed by atoms with Gasteiger partial charge in [-0.05, 0) is 52.0 Å². The Hall–Kier alpha value is -1.55. The highest BCUT2D eigenvalue weighted by Gasteiger charge is 2.12. The van der Waals surface area contributed by atoms with Gasteiger partial charge in [-0.15, -0.1) is 0 Å². The third-order valence-electron chi connectivity index (χ3n) is 3.15. The van der Waals surface area contributed by atoms with E-state index in [1.165, 1.54) is 7.11 Å². The van der Waals surface area contributed by atoms with Crippen molar-refractivity contribution in [2.24, 2.45) is 0 Å². The van der Waals surface area contributed by atoms with Crippen molar-refractivity contribution in [3.05, 3.63) is 24.3 Å². The predicted molar refractivity (Wildman–Crippen MR) is 79.7 cm³/mol. The summed E-state index contributed by atoms with van der Waals surface area (Å²) in [4.78, 5) is 14.0. The minimum Gasteiger partial charge on any atom is -0.372 e. The largest absolute Gasteiger partial charge is 0.372 e. The van der Waals surface area contributed by atoms with Crippen LogP contribution in [0.15, 0.2) is 24.3 Å². The number of hydrogen-bond donors (Lipinski definition) is 1. The summed E-state index contributed by atoms with van der Waals surface area (Å²) in [5.74, 6) is -0.133. The molecule has 0 heterocycles. The Labute approximate surface area is 115 Å². The maximum Gasteiger partial charge on any atom is 0.253 e. The van der Waals surface area contributed by atoms with Gasteiger partial charge in [-0.2, -0.15) is 0 Å². The van der Waals surface area contributed by atoms with E-state index in [4.69, 9.17) is 4.74 Å². The van der Waals surface area contributed by atoms with E-state index in [1.54, 1.807) is 6.92 Å². The Morgan fingerprint density at radius 2 is 1.84 bits per heavy atom. The van der Waals surface area contributed by atoms with E-state index in [-0.39, 0.29) is 5.91 Å². The SMILES string of the molecule is CCN(c1ccc(NC(=O)C(C)OC)cc1)C(C)C. The van der Waals surface area contributed by atoms with Gasteiger partial charge in [0.15, 0.2) is 0 Å². The number of nitrogens with zero attached hydrogens (tertiary/aromatic N) is 1. The summed E-state index contributed by atoms with van der Waals surface area (Å²) in [7, 11) is 1.52. The summed E-state index contributed by atoms with van der Waals surface area (Å²) >= 11 is 0. The number of hydrogen-bond acceptors (Lipinski definition) is 3. The molecule has 0 spiro atoms. The number of ether oxygens (including phenoxy) is 1. The highest BCUT2D eigenvalue weighted by atomic mass is 16.5. The molecule has 0 saturated heterocycles. The molecule has 4 heteroatoms. The van der Waals surface area contributed by atoms with Gasteiger partial charge in [-0.1, -0.05) is 0 Å². The van der Waals surface area contributed by atoms with E-state index in [2.05, 4.69) is 31.0 Å². The quantitative estimate of drug-likeness (QED) is 0.859. The van der Waals surface area contributed by atoms with E-state index >= 15 is 0 Å². The van der Waals surface area contributed by atoms with Gasteiger partial charge in [0, 0.05) is 31.1 Å². The Morgan fingerprint density at radius 3 is 2.26 bits per heavy atom. The van der Waals surface area contributed by atoms with Gasteiger partial charge in [0.2, 0.25) is 0 Å². The minimum atomic E-state index is -0.442. The zero-order chi connectivity index (χ0) is 14.4. The second-order valence-electron chi connectivity index (χ2n) is 4.79. The van der Waals surface area contributed by atoms with Gasteiger partial charge in [-0.3, -0.25) is 4.79 Å². The molecule has 4 nitrogen and oxygen atoms in total. The summed E-state index contributed by atoms with van der Waals surface area (Å²) in [5, 5.41) is 2.82. The van der Waals surface area contributed by atoms with Crippen LogP contribution >= 0.6 is 0 Å². The van der Waals surface area contributed by atoms with Gasteiger partial charge in [0.25, 0.3) is 5.91 Å². The van der Waals surface area contributed by atoms with Crippen molar-refractivity contribution in [2.75, 3.05) is 23.9 Å². The topological polar surface area (TPSA) is 41.6 Å². The van der Waals surface area contributed by atoms with Gasteiger partial charge < -0.3 is 15.0 Å². The van der Waals surface area contributed by atoms with Crippen molar-refractivity contribution in [3.63, 3.8) is 0 Å². The molecular formula is C15H24N2O2. The third kappa shape index (κ3) is 4.24. The van der Waals surface area contributed by atoms with Crippen LogP contribution in [0.2, 0.25) is 0 Å². The lowest BCUT2D eigenvalue weighted by atomic mass is 10.2. The number of anilines is 2. The molecule has 0 aliphatic heterocycles. The van der Waals surface area contributed by atoms with Crippen molar-refractivity contribution < 1.29 is 9.53 Å². The van der Waals surface area contributed by atoms with Crippen LogP contribution in [0, 0.1) is 0 Å². The third-order valence-corrected chi connectivity index (χ3v) is 3.15. The summed E-state index contributed by atoms with van der Waals surface area (Å²) in [5.41, 5.74) is 1.95. The van der Waals surface area contributed by atoms with Crippen LogP contribution in [0.1, 0.15) is 27.7 Å². The standard InChI is InChI=1S/C15H24N2O2/c1-6-17(11(2)3)14-9-7-13(8-10-14)16-15(18)12(4)19-5/h7-12H,6H2,1-5H3,(H,16,18). The molecule has 0 aromatic heterocycles. The number of nitrogens with one attached hydrogen (secondary N) is 1. The van der Waals surface area contributed by atoms with Crippen molar-refractivity contribution in [1.29, 1.82) is 0 Å². The number of methoxy groups -OCH3 is 1. The molecule has 0 aliphatic rings. The first-order valence-electron chi connectivity index (χ1n) is 6.70. The lowest BCUT2D eigenvalue weighted by Crippen LogP contribution is -2.30.